The molecule has 0 saturated heterocycles. The standard InChI is InChI=1S/C20H26N2O6S2/c1-14(13-23)21-29(25,26)17-9-11-18(12-10-17)30(27,28)22-19(24)15-5-7-16(8-6-15)20(2,3)4/h5-12,14,21,23H,13H2,1-4H3,(H,22,24). The minimum atomic E-state index is -4.19. The summed E-state index contributed by atoms with van der Waals surface area (Å²) in [4.78, 5) is 11.9. The van der Waals surface area contributed by atoms with Crippen molar-refractivity contribution in [2.45, 2.75) is 48.9 Å². The molecule has 10 heteroatoms. The van der Waals surface area contributed by atoms with Crippen LogP contribution in [-0.4, -0.2) is 40.5 Å². The average molecular weight is 455 g/mol. The summed E-state index contributed by atoms with van der Waals surface area (Å²) in [6.45, 7) is 7.18. The Labute approximate surface area is 177 Å². The molecule has 3 N–H and O–H groups in total. The number of hydrogen-bond acceptors (Lipinski definition) is 6. The molecule has 0 fully saturated rings. The van der Waals surface area contributed by atoms with Crippen LogP contribution in [0, 0.1) is 0 Å². The quantitative estimate of drug-likeness (QED) is 0.585. The molecule has 1 atom stereocenters. The first-order valence-corrected chi connectivity index (χ1v) is 12.1. The lowest BCUT2D eigenvalue weighted by atomic mass is 9.87. The Morgan fingerprint density at radius 1 is 0.900 bits per heavy atom. The van der Waals surface area contributed by atoms with E-state index in [1.807, 2.05) is 25.5 Å². The summed E-state index contributed by atoms with van der Waals surface area (Å²) in [6, 6.07) is 10.4. The van der Waals surface area contributed by atoms with Crippen LogP contribution >= 0.6 is 0 Å². The van der Waals surface area contributed by atoms with E-state index in [4.69, 9.17) is 5.11 Å². The van der Waals surface area contributed by atoms with Crippen LogP contribution in [0.25, 0.3) is 0 Å². The second-order valence-electron chi connectivity index (χ2n) is 7.94. The third-order valence-corrected chi connectivity index (χ3v) is 7.27. The highest BCUT2D eigenvalue weighted by atomic mass is 32.2. The van der Waals surface area contributed by atoms with Gasteiger partial charge in [0.2, 0.25) is 10.0 Å². The number of sulfonamides is 2. The molecule has 1 unspecified atom stereocenters. The number of aliphatic hydroxyl groups is 1. The van der Waals surface area contributed by atoms with E-state index in [9.17, 15) is 21.6 Å². The minimum Gasteiger partial charge on any atom is -0.395 e. The predicted octanol–water partition coefficient (Wildman–Crippen LogP) is 1.76. The highest BCUT2D eigenvalue weighted by Crippen LogP contribution is 2.22. The summed E-state index contributed by atoms with van der Waals surface area (Å²) in [7, 11) is -8.10. The van der Waals surface area contributed by atoms with Crippen molar-refractivity contribution >= 4 is 26.0 Å². The van der Waals surface area contributed by atoms with Crippen molar-refractivity contribution in [2.75, 3.05) is 6.61 Å². The summed E-state index contributed by atoms with van der Waals surface area (Å²) in [6.07, 6.45) is 0. The molecule has 0 aliphatic heterocycles. The van der Waals surface area contributed by atoms with Gasteiger partial charge in [-0.15, -0.1) is 0 Å². The van der Waals surface area contributed by atoms with Gasteiger partial charge in [-0.1, -0.05) is 32.9 Å². The van der Waals surface area contributed by atoms with E-state index in [0.29, 0.717) is 0 Å². The second kappa shape index (κ2) is 8.84. The first-order chi connectivity index (χ1) is 13.8. The molecule has 0 saturated carbocycles. The van der Waals surface area contributed by atoms with Crippen molar-refractivity contribution < 1.29 is 26.7 Å². The second-order valence-corrected chi connectivity index (χ2v) is 11.3. The molecule has 0 bridgehead atoms. The lowest BCUT2D eigenvalue weighted by Crippen LogP contribution is -2.35. The van der Waals surface area contributed by atoms with Gasteiger partial charge in [0, 0.05) is 11.6 Å². The topological polar surface area (TPSA) is 130 Å². The Hall–Kier alpha value is -2.27. The Morgan fingerprint density at radius 2 is 1.37 bits per heavy atom. The SMILES string of the molecule is CC(CO)NS(=O)(=O)c1ccc(S(=O)(=O)NC(=O)c2ccc(C(C)(C)C)cc2)cc1. The molecule has 0 heterocycles. The largest absolute Gasteiger partial charge is 0.395 e. The van der Waals surface area contributed by atoms with E-state index in [1.165, 1.54) is 6.92 Å². The number of nitrogens with one attached hydrogen (secondary N) is 2. The summed E-state index contributed by atoms with van der Waals surface area (Å²) in [5.41, 5.74) is 1.09. The minimum absolute atomic E-state index is 0.104. The monoisotopic (exact) mass is 454 g/mol. The van der Waals surface area contributed by atoms with Crippen LogP contribution < -0.4 is 9.44 Å². The number of carbonyl (C=O) groups excluding carboxylic acids is 1. The molecular weight excluding hydrogens is 428 g/mol. The molecule has 164 valence electrons. The van der Waals surface area contributed by atoms with Gasteiger partial charge in [-0.05, 0) is 54.3 Å². The van der Waals surface area contributed by atoms with E-state index in [2.05, 4.69) is 4.72 Å². The Bertz CT molecular complexity index is 1100. The van der Waals surface area contributed by atoms with Gasteiger partial charge in [-0.2, -0.15) is 0 Å². The zero-order chi connectivity index (χ0) is 22.7. The van der Waals surface area contributed by atoms with Gasteiger partial charge in [0.25, 0.3) is 15.9 Å². The molecule has 2 aromatic rings. The van der Waals surface area contributed by atoms with E-state index in [1.54, 1.807) is 24.3 Å². The van der Waals surface area contributed by atoms with Crippen LogP contribution in [0.3, 0.4) is 0 Å². The average Bonchev–Trinajstić information content (AvgIpc) is 2.66. The summed E-state index contributed by atoms with van der Waals surface area (Å²) in [5, 5.41) is 8.98. The van der Waals surface area contributed by atoms with Crippen molar-refractivity contribution in [1.82, 2.24) is 9.44 Å². The number of rotatable bonds is 7. The van der Waals surface area contributed by atoms with Gasteiger partial charge in [-0.3, -0.25) is 4.79 Å². The van der Waals surface area contributed by atoms with Crippen LogP contribution in [-0.2, 0) is 25.5 Å². The van der Waals surface area contributed by atoms with Gasteiger partial charge in [0.05, 0.1) is 16.4 Å². The maximum absolute atomic E-state index is 12.5. The first kappa shape index (κ1) is 24.0. The normalized spacial score (nSPS) is 13.6. The van der Waals surface area contributed by atoms with Gasteiger partial charge in [-0.25, -0.2) is 26.3 Å². The predicted molar refractivity (Wildman–Crippen MR) is 113 cm³/mol. The number of hydrogen-bond donors (Lipinski definition) is 3. The first-order valence-electron chi connectivity index (χ1n) is 9.17. The molecule has 2 rings (SSSR count). The molecule has 1 amide bonds. The molecule has 0 aliphatic rings. The molecule has 30 heavy (non-hydrogen) atoms. The Morgan fingerprint density at radius 3 is 1.80 bits per heavy atom. The number of benzene rings is 2. The van der Waals surface area contributed by atoms with Crippen molar-refractivity contribution in [2.24, 2.45) is 0 Å². The fourth-order valence-electron chi connectivity index (χ4n) is 2.53. The molecule has 0 aliphatic carbocycles. The maximum Gasteiger partial charge on any atom is 0.264 e. The number of amides is 1. The summed E-state index contributed by atoms with van der Waals surface area (Å²) in [5.74, 6) is -0.786. The lowest BCUT2D eigenvalue weighted by Gasteiger charge is -2.19. The molecular formula is C20H26N2O6S2. The van der Waals surface area contributed by atoms with Crippen LogP contribution in [0.4, 0.5) is 0 Å². The van der Waals surface area contributed by atoms with Crippen LogP contribution in [0.2, 0.25) is 0 Å². The van der Waals surface area contributed by atoms with Gasteiger partial charge < -0.3 is 5.11 Å². The van der Waals surface area contributed by atoms with Gasteiger partial charge >= 0.3 is 0 Å². The lowest BCUT2D eigenvalue weighted by molar-refractivity contribution is 0.0981. The molecule has 0 aromatic heterocycles. The van der Waals surface area contributed by atoms with Crippen molar-refractivity contribution in [3.63, 3.8) is 0 Å². The number of aliphatic hydroxyl groups excluding tert-OH is 1. The fraction of sp³-hybridized carbons (Fsp3) is 0.350. The zero-order valence-corrected chi connectivity index (χ0v) is 18.8. The van der Waals surface area contributed by atoms with Crippen molar-refractivity contribution in [1.29, 1.82) is 0 Å². The van der Waals surface area contributed by atoms with Crippen LogP contribution in [0.1, 0.15) is 43.6 Å². The summed E-state index contributed by atoms with van der Waals surface area (Å²) < 4.78 is 53.6. The molecule has 8 nitrogen and oxygen atoms in total. The molecule has 2 aromatic carbocycles. The Kier molecular flexibility index (Phi) is 7.08. The van der Waals surface area contributed by atoms with E-state index in [-0.39, 0.29) is 27.4 Å². The van der Waals surface area contributed by atoms with E-state index in [0.717, 1.165) is 29.8 Å². The molecule has 0 spiro atoms. The smallest absolute Gasteiger partial charge is 0.264 e. The fourth-order valence-corrected chi connectivity index (χ4v) is 4.74. The highest BCUT2D eigenvalue weighted by Gasteiger charge is 2.22. The third-order valence-electron chi connectivity index (χ3n) is 4.31. The zero-order valence-electron chi connectivity index (χ0n) is 17.2. The van der Waals surface area contributed by atoms with E-state index >= 15 is 0 Å². The van der Waals surface area contributed by atoms with Crippen molar-refractivity contribution in [3.8, 4) is 0 Å². The highest BCUT2D eigenvalue weighted by molar-refractivity contribution is 7.90. The number of carbonyl (C=O) groups is 1. The maximum atomic E-state index is 12.5. The van der Waals surface area contributed by atoms with Gasteiger partial charge in [0.1, 0.15) is 0 Å². The Balaban J connectivity index is 2.18. The van der Waals surface area contributed by atoms with Crippen LogP contribution in [0.15, 0.2) is 58.3 Å². The third kappa shape index (κ3) is 5.88. The van der Waals surface area contributed by atoms with E-state index < -0.39 is 32.0 Å². The summed E-state index contributed by atoms with van der Waals surface area (Å²) >= 11 is 0. The van der Waals surface area contributed by atoms with Gasteiger partial charge in [0.15, 0.2) is 0 Å². The van der Waals surface area contributed by atoms with Crippen LogP contribution in [0.5, 0.6) is 0 Å². The molecule has 0 radical (unpaired) electrons. The van der Waals surface area contributed by atoms with Crippen molar-refractivity contribution in [3.05, 3.63) is 59.7 Å².